The Labute approximate surface area is 199 Å². The number of hydrogen-bond acceptors (Lipinski definition) is 9. The number of hydrogen-bond donors (Lipinski definition) is 0. The van der Waals surface area contributed by atoms with E-state index in [0.29, 0.717) is 21.3 Å². The first-order valence-corrected chi connectivity index (χ1v) is 11.8. The van der Waals surface area contributed by atoms with Crippen molar-refractivity contribution in [2.45, 2.75) is 18.2 Å². The molecule has 2 heterocycles. The van der Waals surface area contributed by atoms with Gasteiger partial charge in [0.2, 0.25) is 9.37 Å². The molecule has 2 aromatic carbocycles. The zero-order valence-corrected chi connectivity index (χ0v) is 20.0. The van der Waals surface area contributed by atoms with Crippen molar-refractivity contribution >= 4 is 63.5 Å². The van der Waals surface area contributed by atoms with Crippen molar-refractivity contribution < 1.29 is 19.1 Å². The maximum Gasteiger partial charge on any atom is 0.365 e. The number of ether oxygens (including phenoxy) is 2. The second-order valence-corrected chi connectivity index (χ2v) is 9.78. The molecule has 0 aromatic heterocycles. The van der Waals surface area contributed by atoms with Crippen LogP contribution in [0.4, 0.5) is 11.4 Å². The summed E-state index contributed by atoms with van der Waals surface area (Å²) in [4.78, 5) is 27.7. The van der Waals surface area contributed by atoms with Crippen molar-refractivity contribution in [2.24, 2.45) is 5.10 Å². The number of halogens is 1. The van der Waals surface area contributed by atoms with Crippen molar-refractivity contribution in [1.82, 2.24) is 0 Å². The van der Waals surface area contributed by atoms with Gasteiger partial charge in [-0.3, -0.25) is 0 Å². The maximum atomic E-state index is 12.7. The Balaban J connectivity index is 1.89. The lowest BCUT2D eigenvalue weighted by Gasteiger charge is -2.41. The van der Waals surface area contributed by atoms with Crippen molar-refractivity contribution in [1.29, 1.82) is 0 Å². The topological polar surface area (TPSA) is 71.4 Å². The normalized spacial score (nSPS) is 20.1. The number of anilines is 2. The van der Waals surface area contributed by atoms with Gasteiger partial charge < -0.3 is 14.4 Å². The first kappa shape index (κ1) is 22.6. The van der Waals surface area contributed by atoms with Crippen LogP contribution in [-0.2, 0) is 19.1 Å². The Kier molecular flexibility index (Phi) is 6.41. The Morgan fingerprint density at radius 3 is 2.34 bits per heavy atom. The Morgan fingerprint density at radius 1 is 1.03 bits per heavy atom. The van der Waals surface area contributed by atoms with Crippen LogP contribution in [0.3, 0.4) is 0 Å². The number of carbonyl (C=O) groups is 2. The van der Waals surface area contributed by atoms with E-state index in [1.165, 1.54) is 30.6 Å². The highest BCUT2D eigenvalue weighted by Crippen LogP contribution is 2.60. The summed E-state index contributed by atoms with van der Waals surface area (Å²) in [7, 11) is 1.35. The largest absolute Gasteiger partial charge is 0.465 e. The van der Waals surface area contributed by atoms with Gasteiger partial charge in [-0.25, -0.2) is 14.6 Å². The minimum atomic E-state index is -1.02. The van der Waals surface area contributed by atoms with E-state index in [2.05, 4.69) is 5.10 Å². The summed E-state index contributed by atoms with van der Waals surface area (Å²) in [5.41, 5.74) is 2.23. The molecule has 0 saturated heterocycles. The predicted molar refractivity (Wildman–Crippen MR) is 130 cm³/mol. The van der Waals surface area contributed by atoms with Gasteiger partial charge in [0.05, 0.1) is 19.4 Å². The number of thioether (sulfide) groups is 2. The third-order valence-electron chi connectivity index (χ3n) is 4.78. The van der Waals surface area contributed by atoms with E-state index in [9.17, 15) is 9.59 Å². The number of allylic oxidation sites excluding steroid dienone is 1. The van der Waals surface area contributed by atoms with Crippen molar-refractivity contribution in [3.05, 3.63) is 70.2 Å². The van der Waals surface area contributed by atoms with Gasteiger partial charge >= 0.3 is 11.9 Å². The van der Waals surface area contributed by atoms with Gasteiger partial charge in [0.15, 0.2) is 0 Å². The Hall–Kier alpha value is -2.62. The lowest BCUT2D eigenvalue weighted by molar-refractivity contribution is -0.135. The number of methoxy groups -OCH3 is 1. The molecule has 0 saturated carbocycles. The standard InChI is InChI=1S/C22H20ClN3O4S2/c1-4-30-21(28)19-24-26(17-12-10-15(23)11-13-17)22(32-19)25(16-8-6-5-7-9-16)14(2)18(31-22)20(27)29-3/h5-13H,4H2,1-3H3/t22-/m1/s1. The summed E-state index contributed by atoms with van der Waals surface area (Å²) in [6.45, 7) is 3.82. The molecular weight excluding hydrogens is 470 g/mol. The molecule has 0 N–H and O–H groups in total. The molecule has 2 aliphatic rings. The van der Waals surface area contributed by atoms with E-state index >= 15 is 0 Å². The van der Waals surface area contributed by atoms with Crippen LogP contribution in [0, 0.1) is 0 Å². The summed E-state index contributed by atoms with van der Waals surface area (Å²) in [6.07, 6.45) is 0. The molecule has 0 aliphatic carbocycles. The van der Waals surface area contributed by atoms with E-state index < -0.39 is 16.3 Å². The van der Waals surface area contributed by atoms with E-state index in [4.69, 9.17) is 21.1 Å². The van der Waals surface area contributed by atoms with Crippen LogP contribution in [0.1, 0.15) is 13.8 Å². The average molecular weight is 490 g/mol. The maximum absolute atomic E-state index is 12.7. The predicted octanol–water partition coefficient (Wildman–Crippen LogP) is 5.04. The van der Waals surface area contributed by atoms with Crippen LogP contribution >= 0.6 is 35.1 Å². The molecule has 0 unspecified atom stereocenters. The van der Waals surface area contributed by atoms with Crippen LogP contribution in [0.2, 0.25) is 5.02 Å². The molecule has 2 aliphatic heterocycles. The SMILES string of the molecule is CCOC(=O)C1=NN(c2ccc(Cl)cc2)[C@@]2(S1)SC(C(=O)OC)=C(C)N2c1ccccc1. The third-order valence-corrected chi connectivity index (χ3v) is 7.88. The summed E-state index contributed by atoms with van der Waals surface area (Å²) in [5, 5.41) is 7.11. The van der Waals surface area contributed by atoms with Crippen molar-refractivity contribution in [3.8, 4) is 0 Å². The molecule has 166 valence electrons. The number of para-hydroxylation sites is 1. The molecule has 1 atom stereocenters. The second kappa shape index (κ2) is 9.09. The molecule has 7 nitrogen and oxygen atoms in total. The van der Waals surface area contributed by atoms with Crippen LogP contribution in [0.5, 0.6) is 0 Å². The third kappa shape index (κ3) is 3.85. The van der Waals surface area contributed by atoms with Crippen molar-refractivity contribution in [2.75, 3.05) is 23.6 Å². The number of esters is 2. The van der Waals surface area contributed by atoms with Gasteiger partial charge in [-0.15, -0.1) is 0 Å². The van der Waals surface area contributed by atoms with Gasteiger partial charge in [-0.2, -0.15) is 5.10 Å². The van der Waals surface area contributed by atoms with Crippen molar-refractivity contribution in [3.63, 3.8) is 0 Å². The average Bonchev–Trinajstić information content (AvgIpc) is 3.32. The monoisotopic (exact) mass is 489 g/mol. The van der Waals surface area contributed by atoms with E-state index in [1.807, 2.05) is 54.3 Å². The van der Waals surface area contributed by atoms with Crippen LogP contribution in [-0.4, -0.2) is 35.0 Å². The molecule has 0 fully saturated rings. The summed E-state index contributed by atoms with van der Waals surface area (Å²) in [6, 6.07) is 16.8. The molecule has 0 radical (unpaired) electrons. The fourth-order valence-corrected chi connectivity index (χ4v) is 6.51. The molecule has 32 heavy (non-hydrogen) atoms. The number of rotatable bonds is 5. The lowest BCUT2D eigenvalue weighted by Crippen LogP contribution is -2.49. The van der Waals surface area contributed by atoms with Gasteiger partial charge in [0, 0.05) is 16.4 Å². The molecule has 10 heteroatoms. The highest BCUT2D eigenvalue weighted by Gasteiger charge is 2.58. The van der Waals surface area contributed by atoms with Crippen LogP contribution < -0.4 is 9.91 Å². The number of carbonyl (C=O) groups excluding carboxylic acids is 2. The zero-order chi connectivity index (χ0) is 22.9. The Bertz CT molecular complexity index is 1110. The van der Waals surface area contributed by atoms with E-state index in [0.717, 1.165) is 5.69 Å². The van der Waals surface area contributed by atoms with Gasteiger partial charge in [0.1, 0.15) is 4.91 Å². The zero-order valence-electron chi connectivity index (χ0n) is 17.6. The second-order valence-electron chi connectivity index (χ2n) is 6.74. The first-order chi connectivity index (χ1) is 15.4. The fraction of sp³-hybridized carbons (Fsp3) is 0.227. The van der Waals surface area contributed by atoms with Crippen LogP contribution in [0.25, 0.3) is 0 Å². The highest BCUT2D eigenvalue weighted by molar-refractivity contribution is 8.29. The number of hydrazone groups is 1. The summed E-state index contributed by atoms with van der Waals surface area (Å²) in [5.74, 6) is -0.974. The van der Waals surface area contributed by atoms with Gasteiger partial charge in [-0.05, 0) is 62.0 Å². The quantitative estimate of drug-likeness (QED) is 0.541. The summed E-state index contributed by atoms with van der Waals surface area (Å²) < 4.78 is 9.24. The first-order valence-electron chi connectivity index (χ1n) is 9.75. The fourth-order valence-electron chi connectivity index (χ4n) is 3.41. The molecule has 1 spiro atoms. The molecule has 4 rings (SSSR count). The summed E-state index contributed by atoms with van der Waals surface area (Å²) >= 11 is 8.60. The Morgan fingerprint density at radius 2 is 1.72 bits per heavy atom. The highest BCUT2D eigenvalue weighted by atomic mass is 35.5. The number of benzene rings is 2. The number of nitrogens with zero attached hydrogens (tertiary/aromatic N) is 3. The van der Waals surface area contributed by atoms with E-state index in [1.54, 1.807) is 24.1 Å². The minimum absolute atomic E-state index is 0.189. The van der Waals surface area contributed by atoms with Gasteiger partial charge in [0.25, 0.3) is 0 Å². The molecule has 0 bridgehead atoms. The van der Waals surface area contributed by atoms with Crippen LogP contribution in [0.15, 0.2) is 70.3 Å². The lowest BCUT2D eigenvalue weighted by atomic mass is 10.2. The molecule has 0 amide bonds. The minimum Gasteiger partial charge on any atom is -0.465 e. The van der Waals surface area contributed by atoms with Gasteiger partial charge in [-0.1, -0.05) is 41.6 Å². The van der Waals surface area contributed by atoms with E-state index in [-0.39, 0.29) is 11.7 Å². The molecular formula is C22H20ClN3O4S2. The molecule has 2 aromatic rings. The smallest absolute Gasteiger partial charge is 0.365 e.